The number of nitrogens with one attached hydrogen (secondary N) is 1. The van der Waals surface area contributed by atoms with Gasteiger partial charge in [-0.3, -0.25) is 14.9 Å². The van der Waals surface area contributed by atoms with Crippen molar-refractivity contribution >= 4 is 23.3 Å². The van der Waals surface area contributed by atoms with Gasteiger partial charge in [0.25, 0.3) is 5.69 Å². The molecule has 2 aromatic carbocycles. The Labute approximate surface area is 203 Å². The molecule has 0 radical (unpaired) electrons. The highest BCUT2D eigenvalue weighted by Crippen LogP contribution is 2.48. The molecule has 0 aliphatic heterocycles. The van der Waals surface area contributed by atoms with Crippen molar-refractivity contribution in [1.82, 2.24) is 0 Å². The third-order valence-corrected chi connectivity index (χ3v) is 6.00. The lowest BCUT2D eigenvalue weighted by Gasteiger charge is -2.43. The second-order valence-electron chi connectivity index (χ2n) is 8.70. The molecule has 35 heavy (non-hydrogen) atoms. The van der Waals surface area contributed by atoms with Gasteiger partial charge in [-0.25, -0.2) is 4.79 Å². The highest BCUT2D eigenvalue weighted by atomic mass is 16.6. The molecule has 0 heterocycles. The van der Waals surface area contributed by atoms with E-state index in [0.29, 0.717) is 16.9 Å². The molecule has 1 aliphatic rings. The average molecular weight is 483 g/mol. The first-order valence-corrected chi connectivity index (χ1v) is 11.5. The van der Waals surface area contributed by atoms with Crippen LogP contribution in [0.3, 0.4) is 0 Å². The topological polar surface area (TPSA) is 128 Å². The van der Waals surface area contributed by atoms with E-state index in [1.165, 1.54) is 25.1 Å². The summed E-state index contributed by atoms with van der Waals surface area (Å²) in [5.41, 5.74) is 0.699. The normalized spacial score (nSPS) is 21.9. The van der Waals surface area contributed by atoms with Crippen LogP contribution in [0.5, 0.6) is 0 Å². The molecule has 0 unspecified atom stereocenters. The van der Waals surface area contributed by atoms with Gasteiger partial charge in [-0.1, -0.05) is 29.8 Å². The fourth-order valence-electron chi connectivity index (χ4n) is 4.47. The van der Waals surface area contributed by atoms with Gasteiger partial charge in [-0.2, -0.15) is 0 Å². The van der Waals surface area contributed by atoms with Crippen molar-refractivity contribution in [3.8, 4) is 0 Å². The maximum atomic E-state index is 13.3. The van der Waals surface area contributed by atoms with Crippen LogP contribution in [0.2, 0.25) is 0 Å². The zero-order valence-electron chi connectivity index (χ0n) is 20.2. The Morgan fingerprint density at radius 3 is 2.40 bits per heavy atom. The third-order valence-electron chi connectivity index (χ3n) is 6.00. The summed E-state index contributed by atoms with van der Waals surface area (Å²) in [6, 6.07) is 13.2. The van der Waals surface area contributed by atoms with Crippen molar-refractivity contribution in [3.63, 3.8) is 0 Å². The number of hydrogen-bond donors (Lipinski definition) is 2. The number of nitrogens with zero attached hydrogens (tertiary/aromatic N) is 1. The minimum Gasteiger partial charge on any atom is -0.466 e. The summed E-state index contributed by atoms with van der Waals surface area (Å²) in [4.78, 5) is 37.4. The number of nitro benzene ring substituents is 1. The number of aryl methyl sites for hydroxylation is 1. The van der Waals surface area contributed by atoms with Crippen LogP contribution in [0.15, 0.2) is 59.8 Å². The molecule has 0 bridgehead atoms. The molecule has 0 spiro atoms. The number of non-ortho nitro benzene ring substituents is 1. The molecular weight excluding hydrogens is 452 g/mol. The Hall–Kier alpha value is -3.72. The first-order valence-electron chi connectivity index (χ1n) is 11.5. The van der Waals surface area contributed by atoms with E-state index < -0.39 is 34.3 Å². The van der Waals surface area contributed by atoms with Gasteiger partial charge in [0.05, 0.1) is 35.2 Å². The van der Waals surface area contributed by atoms with Crippen molar-refractivity contribution in [2.75, 3.05) is 18.5 Å². The molecule has 1 aliphatic carbocycles. The van der Waals surface area contributed by atoms with Crippen LogP contribution in [0, 0.1) is 23.0 Å². The van der Waals surface area contributed by atoms with Crippen molar-refractivity contribution in [1.29, 1.82) is 0 Å². The Morgan fingerprint density at radius 1 is 1.14 bits per heavy atom. The summed E-state index contributed by atoms with van der Waals surface area (Å²) in [6.07, 6.45) is -0.0655. The highest BCUT2D eigenvalue weighted by molar-refractivity contribution is 5.94. The van der Waals surface area contributed by atoms with Gasteiger partial charge < -0.3 is 19.9 Å². The Morgan fingerprint density at radius 2 is 1.80 bits per heavy atom. The molecule has 0 fully saturated rings. The van der Waals surface area contributed by atoms with Crippen LogP contribution in [-0.4, -0.2) is 40.8 Å². The third kappa shape index (κ3) is 5.68. The first kappa shape index (κ1) is 25.9. The predicted octanol–water partition coefficient (Wildman–Crippen LogP) is 4.25. The van der Waals surface area contributed by atoms with E-state index in [-0.39, 0.29) is 30.9 Å². The van der Waals surface area contributed by atoms with Crippen molar-refractivity contribution in [2.45, 2.75) is 45.6 Å². The number of benzene rings is 2. The van der Waals surface area contributed by atoms with E-state index in [4.69, 9.17) is 9.47 Å². The highest BCUT2D eigenvalue weighted by Gasteiger charge is 2.52. The quantitative estimate of drug-likeness (QED) is 0.325. The fourth-order valence-corrected chi connectivity index (χ4v) is 4.47. The summed E-state index contributed by atoms with van der Waals surface area (Å²) in [7, 11) is 0. The van der Waals surface area contributed by atoms with Crippen LogP contribution in [-0.2, 0) is 19.1 Å². The number of carbonyl (C=O) groups excluding carboxylic acids is 2. The molecule has 9 nitrogen and oxygen atoms in total. The molecule has 0 saturated heterocycles. The maximum Gasteiger partial charge on any atom is 0.336 e. The number of esters is 2. The number of hydrogen-bond acceptors (Lipinski definition) is 8. The van der Waals surface area contributed by atoms with Crippen molar-refractivity contribution in [2.24, 2.45) is 5.92 Å². The number of rotatable bonds is 8. The summed E-state index contributed by atoms with van der Waals surface area (Å²) in [6.45, 7) is 6.90. The molecule has 9 heteroatoms. The Bertz CT molecular complexity index is 1140. The SMILES string of the molecule is CCOC(=O)C1=C(Nc2ccc(C)cc2)C[C@](C)(O)[C@H](C(=O)OCC)[C@@H]1c1cccc([N+](=O)[O-])c1. The zero-order chi connectivity index (χ0) is 25.8. The molecule has 186 valence electrons. The van der Waals surface area contributed by atoms with Gasteiger partial charge in [0.15, 0.2) is 0 Å². The Balaban J connectivity index is 2.28. The van der Waals surface area contributed by atoms with Gasteiger partial charge in [0.1, 0.15) is 0 Å². The van der Waals surface area contributed by atoms with Crippen molar-refractivity contribution in [3.05, 3.63) is 81.0 Å². The van der Waals surface area contributed by atoms with Gasteiger partial charge >= 0.3 is 11.9 Å². The summed E-state index contributed by atoms with van der Waals surface area (Å²) < 4.78 is 10.6. The van der Waals surface area contributed by atoms with E-state index in [2.05, 4.69) is 5.32 Å². The van der Waals surface area contributed by atoms with Gasteiger partial charge in [0, 0.05) is 35.9 Å². The number of nitro groups is 1. The van der Waals surface area contributed by atoms with Gasteiger partial charge in [-0.15, -0.1) is 0 Å². The predicted molar refractivity (Wildman–Crippen MR) is 130 cm³/mol. The lowest BCUT2D eigenvalue weighted by molar-refractivity contribution is -0.384. The number of ether oxygens (including phenoxy) is 2. The number of anilines is 1. The van der Waals surface area contributed by atoms with Crippen LogP contribution in [0.4, 0.5) is 11.4 Å². The van der Waals surface area contributed by atoms with E-state index in [0.717, 1.165) is 5.56 Å². The van der Waals surface area contributed by atoms with E-state index >= 15 is 0 Å². The van der Waals surface area contributed by atoms with Gasteiger partial charge in [-0.05, 0) is 45.4 Å². The van der Waals surface area contributed by atoms with Crippen LogP contribution in [0.25, 0.3) is 0 Å². The lowest BCUT2D eigenvalue weighted by Crippen LogP contribution is -2.49. The monoisotopic (exact) mass is 482 g/mol. The summed E-state index contributed by atoms with van der Waals surface area (Å²) >= 11 is 0. The standard InChI is InChI=1S/C26H30N2O7/c1-5-34-24(29)22-20(27-18-12-10-16(3)11-13-18)15-26(4,31)23(25(30)35-6-2)21(22)17-8-7-9-19(14-17)28(32)33/h7-14,21,23,27,31H,5-6,15H2,1-4H3/t21-,23+,26+/m1/s1. The smallest absolute Gasteiger partial charge is 0.336 e. The Kier molecular flexibility index (Phi) is 7.91. The van der Waals surface area contributed by atoms with Crippen LogP contribution in [0.1, 0.15) is 44.2 Å². The fraction of sp³-hybridized carbons (Fsp3) is 0.385. The lowest BCUT2D eigenvalue weighted by atomic mass is 9.65. The zero-order valence-corrected chi connectivity index (χ0v) is 20.2. The number of carbonyl (C=O) groups is 2. The van der Waals surface area contributed by atoms with Gasteiger partial charge in [0.2, 0.25) is 0 Å². The molecule has 0 aromatic heterocycles. The average Bonchev–Trinajstić information content (AvgIpc) is 2.79. The number of aliphatic hydroxyl groups is 1. The summed E-state index contributed by atoms with van der Waals surface area (Å²) in [5, 5.41) is 26.2. The second kappa shape index (κ2) is 10.7. The van der Waals surface area contributed by atoms with Crippen LogP contribution >= 0.6 is 0 Å². The largest absolute Gasteiger partial charge is 0.466 e. The molecule has 2 N–H and O–H groups in total. The molecular formula is C26H30N2O7. The minimum atomic E-state index is -1.63. The second-order valence-corrected chi connectivity index (χ2v) is 8.70. The molecule has 3 rings (SSSR count). The minimum absolute atomic E-state index is 0.0655. The molecule has 0 saturated carbocycles. The van der Waals surface area contributed by atoms with E-state index in [1.54, 1.807) is 19.9 Å². The summed E-state index contributed by atoms with van der Waals surface area (Å²) in [5.74, 6) is -3.63. The van der Waals surface area contributed by atoms with Crippen molar-refractivity contribution < 1.29 is 29.1 Å². The van der Waals surface area contributed by atoms with Crippen LogP contribution < -0.4 is 5.32 Å². The molecule has 3 atom stereocenters. The first-order chi connectivity index (χ1) is 16.6. The molecule has 0 amide bonds. The van der Waals surface area contributed by atoms with E-state index in [9.17, 15) is 24.8 Å². The molecule has 2 aromatic rings. The van der Waals surface area contributed by atoms with E-state index in [1.807, 2.05) is 31.2 Å². The maximum absolute atomic E-state index is 13.3.